The second-order valence-corrected chi connectivity index (χ2v) is 14.4. The molecule has 1 aromatic carbocycles. The quantitative estimate of drug-likeness (QED) is 0.577. The lowest BCUT2D eigenvalue weighted by Crippen LogP contribution is -2.78. The topological polar surface area (TPSA) is 85.2 Å². The van der Waals surface area contributed by atoms with Crippen LogP contribution in [0.3, 0.4) is 0 Å². The lowest BCUT2D eigenvalue weighted by atomic mass is 9.35. The van der Waals surface area contributed by atoms with Gasteiger partial charge in [0.25, 0.3) is 0 Å². The highest BCUT2D eigenvalue weighted by Crippen LogP contribution is 2.75. The summed E-state index contributed by atoms with van der Waals surface area (Å²) in [6, 6.07) is 6.19. The maximum absolute atomic E-state index is 13.3. The smallest absolute Gasteiger partial charge is 0.171 e. The summed E-state index contributed by atoms with van der Waals surface area (Å²) in [5.41, 5.74) is -1.10. The Balaban J connectivity index is 1.38. The third-order valence-corrected chi connectivity index (χ3v) is 12.0. The molecule has 6 nitrogen and oxygen atoms in total. The number of hydrogen-bond acceptors (Lipinski definition) is 6. The van der Waals surface area contributed by atoms with Gasteiger partial charge in [-0.25, -0.2) is 0 Å². The number of ketones is 1. The molecule has 0 amide bonds. The fraction of sp³-hybridized carbons (Fsp3) is 0.774. The first-order valence-corrected chi connectivity index (χ1v) is 14.3. The summed E-state index contributed by atoms with van der Waals surface area (Å²) in [6.07, 6.45) is 5.73. The zero-order chi connectivity index (χ0) is 26.1. The predicted octanol–water partition coefficient (Wildman–Crippen LogP) is 4.54. The van der Waals surface area contributed by atoms with E-state index in [1.165, 1.54) is 0 Å². The molecule has 1 unspecified atom stereocenters. The van der Waals surface area contributed by atoms with Gasteiger partial charge in [0.05, 0.1) is 31.5 Å². The van der Waals surface area contributed by atoms with Crippen molar-refractivity contribution >= 4 is 5.78 Å². The van der Waals surface area contributed by atoms with Gasteiger partial charge in [-0.2, -0.15) is 0 Å². The molecule has 7 atom stereocenters. The molecule has 1 saturated heterocycles. The molecule has 0 bridgehead atoms. The maximum Gasteiger partial charge on any atom is 0.171 e. The molecule has 1 heterocycles. The SMILES string of the molecule is COc1ccc2c(c1)C[C@]13CCC4(C[C@]1(O)CC[C@H]1[C@@H]5CCC(=O)[C@@]5(C)CC2[C@@]13O)OCC(C)(C)CO4. The first-order chi connectivity index (χ1) is 17.4. The van der Waals surface area contributed by atoms with E-state index in [9.17, 15) is 15.0 Å². The molecule has 4 saturated carbocycles. The van der Waals surface area contributed by atoms with Crippen molar-refractivity contribution in [3.63, 3.8) is 0 Å². The van der Waals surface area contributed by atoms with Crippen LogP contribution >= 0.6 is 0 Å². The highest BCUT2D eigenvalue weighted by molar-refractivity contribution is 5.87. The third kappa shape index (κ3) is 2.94. The second-order valence-electron chi connectivity index (χ2n) is 14.4. The van der Waals surface area contributed by atoms with E-state index >= 15 is 0 Å². The maximum atomic E-state index is 13.3. The Bertz CT molecular complexity index is 1150. The molecule has 0 aromatic heterocycles. The Labute approximate surface area is 220 Å². The van der Waals surface area contributed by atoms with Crippen LogP contribution in [-0.4, -0.2) is 53.3 Å². The molecule has 5 aliphatic carbocycles. The van der Waals surface area contributed by atoms with Gasteiger partial charge in [-0.15, -0.1) is 0 Å². The Morgan fingerprint density at radius 1 is 1.00 bits per heavy atom. The van der Waals surface area contributed by atoms with Crippen molar-refractivity contribution in [1.82, 2.24) is 0 Å². The zero-order valence-corrected chi connectivity index (χ0v) is 22.8. The van der Waals surface area contributed by atoms with E-state index in [-0.39, 0.29) is 23.2 Å². The van der Waals surface area contributed by atoms with Crippen LogP contribution in [0.25, 0.3) is 0 Å². The lowest BCUT2D eigenvalue weighted by Gasteiger charge is -2.73. The Morgan fingerprint density at radius 3 is 2.49 bits per heavy atom. The summed E-state index contributed by atoms with van der Waals surface area (Å²) >= 11 is 0. The van der Waals surface area contributed by atoms with Gasteiger partial charge in [-0.3, -0.25) is 4.79 Å². The number of carbonyl (C=O) groups excluding carboxylic acids is 1. The summed E-state index contributed by atoms with van der Waals surface area (Å²) in [5, 5.41) is 26.0. The molecule has 2 N–H and O–H groups in total. The number of carbonyl (C=O) groups is 1. The number of Topliss-reactive ketones (excluding diaryl/α,β-unsaturated/α-hetero) is 1. The van der Waals surface area contributed by atoms with Crippen LogP contribution in [0.2, 0.25) is 0 Å². The van der Waals surface area contributed by atoms with E-state index in [4.69, 9.17) is 14.2 Å². The number of ether oxygens (including phenoxy) is 3. The average Bonchev–Trinajstić information content (AvgIpc) is 3.15. The van der Waals surface area contributed by atoms with Crippen LogP contribution in [0, 0.1) is 28.1 Å². The minimum Gasteiger partial charge on any atom is -0.497 e. The monoisotopic (exact) mass is 510 g/mol. The van der Waals surface area contributed by atoms with E-state index in [2.05, 4.69) is 32.9 Å². The van der Waals surface area contributed by atoms with Crippen molar-refractivity contribution < 1.29 is 29.2 Å². The standard InChI is InChI=1S/C31H42O6/c1-26(2)17-36-30(37-18-26)12-11-28-14-19-13-20(35-4)5-6-21(19)24-15-27(3)22(7-8-25(27)32)23(31(24,28)34)9-10-29(28,33)16-30/h5-6,13,22-24,33-34H,7-12,14-18H2,1-4H3/t22-,23-,24?,27-,28+,29+,31-/m0/s1. The second kappa shape index (κ2) is 7.38. The fourth-order valence-electron chi connectivity index (χ4n) is 10.1. The molecule has 1 aliphatic heterocycles. The van der Waals surface area contributed by atoms with Crippen LogP contribution in [0.4, 0.5) is 0 Å². The van der Waals surface area contributed by atoms with Gasteiger partial charge < -0.3 is 24.4 Å². The average molecular weight is 511 g/mol. The molecule has 0 radical (unpaired) electrons. The normalized spacial score (nSPS) is 47.0. The van der Waals surface area contributed by atoms with E-state index < -0.39 is 27.8 Å². The first-order valence-electron chi connectivity index (χ1n) is 14.3. The van der Waals surface area contributed by atoms with E-state index in [1.54, 1.807) is 7.11 Å². The minimum absolute atomic E-state index is 0.000553. The summed E-state index contributed by atoms with van der Waals surface area (Å²) in [5.74, 6) is 0.324. The molecule has 202 valence electrons. The molecule has 6 heteroatoms. The van der Waals surface area contributed by atoms with Crippen LogP contribution < -0.4 is 4.74 Å². The van der Waals surface area contributed by atoms with Crippen molar-refractivity contribution in [1.29, 1.82) is 0 Å². The number of benzene rings is 1. The minimum atomic E-state index is -1.12. The first kappa shape index (κ1) is 24.6. The number of hydrogen-bond donors (Lipinski definition) is 2. The van der Waals surface area contributed by atoms with E-state index in [1.807, 2.05) is 6.07 Å². The summed E-state index contributed by atoms with van der Waals surface area (Å²) in [7, 11) is 1.68. The van der Waals surface area contributed by atoms with Crippen LogP contribution in [0.5, 0.6) is 5.75 Å². The Morgan fingerprint density at radius 2 is 1.76 bits per heavy atom. The highest BCUT2D eigenvalue weighted by Gasteiger charge is 2.78. The molecule has 6 aliphatic rings. The van der Waals surface area contributed by atoms with Crippen LogP contribution in [0.15, 0.2) is 18.2 Å². The van der Waals surface area contributed by atoms with Crippen LogP contribution in [0.1, 0.15) is 89.2 Å². The van der Waals surface area contributed by atoms with Gasteiger partial charge in [0.2, 0.25) is 0 Å². The molecule has 1 aromatic rings. The van der Waals surface area contributed by atoms with Crippen molar-refractivity contribution in [3.8, 4) is 5.75 Å². The molecule has 7 rings (SSSR count). The van der Waals surface area contributed by atoms with E-state index in [0.29, 0.717) is 63.9 Å². The predicted molar refractivity (Wildman–Crippen MR) is 137 cm³/mol. The number of rotatable bonds is 1. The fourth-order valence-corrected chi connectivity index (χ4v) is 10.1. The van der Waals surface area contributed by atoms with Crippen molar-refractivity contribution in [2.75, 3.05) is 20.3 Å². The van der Waals surface area contributed by atoms with Gasteiger partial charge in [0, 0.05) is 41.4 Å². The lowest BCUT2D eigenvalue weighted by molar-refractivity contribution is -0.377. The summed E-state index contributed by atoms with van der Waals surface area (Å²) in [6.45, 7) is 7.65. The van der Waals surface area contributed by atoms with Crippen molar-refractivity contribution in [2.45, 2.75) is 101 Å². The molecule has 37 heavy (non-hydrogen) atoms. The largest absolute Gasteiger partial charge is 0.497 e. The Hall–Kier alpha value is -1.47. The number of methoxy groups -OCH3 is 1. The van der Waals surface area contributed by atoms with Gasteiger partial charge in [-0.1, -0.05) is 26.8 Å². The summed E-state index contributed by atoms with van der Waals surface area (Å²) < 4.78 is 18.4. The highest BCUT2D eigenvalue weighted by atomic mass is 16.7. The zero-order valence-electron chi connectivity index (χ0n) is 22.8. The van der Waals surface area contributed by atoms with Crippen molar-refractivity contribution in [2.24, 2.45) is 28.1 Å². The van der Waals surface area contributed by atoms with Gasteiger partial charge >= 0.3 is 0 Å². The third-order valence-electron chi connectivity index (χ3n) is 12.0. The molecule has 5 fully saturated rings. The van der Waals surface area contributed by atoms with Crippen LogP contribution in [-0.2, 0) is 20.7 Å². The van der Waals surface area contributed by atoms with Gasteiger partial charge in [0.15, 0.2) is 5.79 Å². The van der Waals surface area contributed by atoms with E-state index in [0.717, 1.165) is 29.7 Å². The van der Waals surface area contributed by atoms with Gasteiger partial charge in [-0.05, 0) is 73.6 Å². The number of fused-ring (bicyclic) bond motifs is 4. The van der Waals surface area contributed by atoms with Gasteiger partial charge in [0.1, 0.15) is 11.5 Å². The molecule has 2 spiro atoms. The van der Waals surface area contributed by atoms with Crippen molar-refractivity contribution in [3.05, 3.63) is 29.3 Å². The summed E-state index contributed by atoms with van der Waals surface area (Å²) in [4.78, 5) is 13.3. The Kier molecular flexibility index (Phi) is 4.90. The molecular weight excluding hydrogens is 468 g/mol. The number of aliphatic hydroxyl groups is 2. The molecular formula is C31H42O6.